The number of hydrogen-bond acceptors (Lipinski definition) is 5. The number of ether oxygens (including phenoxy) is 3. The van der Waals surface area contributed by atoms with Crippen molar-refractivity contribution >= 4 is 11.9 Å². The highest BCUT2D eigenvalue weighted by atomic mass is 16.6. The standard InChI is InChI=1S/C17H14O5/c18-16(22-15-10-11-20-17(15)19)13-8-4-5-9-14(13)21-12-6-2-1-3-7-12/h1-9,15H,10-11H2. The molecule has 0 N–H and O–H groups in total. The van der Waals surface area contributed by atoms with E-state index >= 15 is 0 Å². The second-order valence-electron chi connectivity index (χ2n) is 4.76. The molecule has 22 heavy (non-hydrogen) atoms. The van der Waals surface area contributed by atoms with E-state index in [0.717, 1.165) is 0 Å². The Morgan fingerprint density at radius 1 is 1.05 bits per heavy atom. The van der Waals surface area contributed by atoms with Crippen LogP contribution in [0.2, 0.25) is 0 Å². The highest BCUT2D eigenvalue weighted by Crippen LogP contribution is 2.26. The Hall–Kier alpha value is -2.82. The van der Waals surface area contributed by atoms with Gasteiger partial charge in [0.2, 0.25) is 6.10 Å². The lowest BCUT2D eigenvalue weighted by molar-refractivity contribution is -0.145. The summed E-state index contributed by atoms with van der Waals surface area (Å²) in [5, 5.41) is 0. The molecule has 0 spiro atoms. The van der Waals surface area contributed by atoms with Crippen LogP contribution in [0.15, 0.2) is 54.6 Å². The van der Waals surface area contributed by atoms with Gasteiger partial charge in [-0.2, -0.15) is 0 Å². The average molecular weight is 298 g/mol. The van der Waals surface area contributed by atoms with E-state index in [1.165, 1.54) is 0 Å². The van der Waals surface area contributed by atoms with Crippen molar-refractivity contribution in [1.82, 2.24) is 0 Å². The number of rotatable bonds is 4. The quantitative estimate of drug-likeness (QED) is 0.812. The van der Waals surface area contributed by atoms with Gasteiger partial charge in [-0.25, -0.2) is 9.59 Å². The van der Waals surface area contributed by atoms with Crippen LogP contribution in [0.5, 0.6) is 11.5 Å². The molecule has 2 aromatic carbocycles. The second kappa shape index (κ2) is 6.30. The zero-order chi connectivity index (χ0) is 15.4. The van der Waals surface area contributed by atoms with E-state index in [2.05, 4.69) is 0 Å². The van der Waals surface area contributed by atoms with Gasteiger partial charge in [0.15, 0.2) is 0 Å². The molecule has 5 heteroatoms. The van der Waals surface area contributed by atoms with E-state index in [9.17, 15) is 9.59 Å². The molecule has 1 aliphatic heterocycles. The van der Waals surface area contributed by atoms with Gasteiger partial charge in [-0.3, -0.25) is 0 Å². The smallest absolute Gasteiger partial charge is 0.347 e. The summed E-state index contributed by atoms with van der Waals surface area (Å²) in [6.45, 7) is 0.277. The Balaban J connectivity index is 1.78. The van der Waals surface area contributed by atoms with Crippen molar-refractivity contribution in [3.8, 4) is 11.5 Å². The summed E-state index contributed by atoms with van der Waals surface area (Å²) in [5.74, 6) is -0.113. The van der Waals surface area contributed by atoms with Crippen molar-refractivity contribution in [2.75, 3.05) is 6.61 Å². The second-order valence-corrected chi connectivity index (χ2v) is 4.76. The van der Waals surface area contributed by atoms with E-state index in [1.54, 1.807) is 36.4 Å². The molecular weight excluding hydrogens is 284 g/mol. The molecule has 1 unspecified atom stereocenters. The first-order valence-corrected chi connectivity index (χ1v) is 6.93. The van der Waals surface area contributed by atoms with Gasteiger partial charge in [0.05, 0.1) is 6.61 Å². The summed E-state index contributed by atoms with van der Waals surface area (Å²) < 4.78 is 15.7. The van der Waals surface area contributed by atoms with Crippen LogP contribution in [-0.2, 0) is 14.3 Å². The predicted molar refractivity (Wildman–Crippen MR) is 77.7 cm³/mol. The third-order valence-electron chi connectivity index (χ3n) is 3.21. The van der Waals surface area contributed by atoms with E-state index < -0.39 is 18.0 Å². The molecule has 0 saturated carbocycles. The number of esters is 2. The summed E-state index contributed by atoms with van der Waals surface area (Å²) >= 11 is 0. The lowest BCUT2D eigenvalue weighted by atomic mass is 10.2. The maximum atomic E-state index is 12.2. The van der Waals surface area contributed by atoms with E-state index in [0.29, 0.717) is 17.9 Å². The molecule has 0 amide bonds. The number of hydrogen-bond donors (Lipinski definition) is 0. The Labute approximate surface area is 127 Å². The van der Waals surface area contributed by atoms with E-state index in [-0.39, 0.29) is 12.2 Å². The number of para-hydroxylation sites is 2. The zero-order valence-electron chi connectivity index (χ0n) is 11.7. The minimum Gasteiger partial charge on any atom is -0.463 e. The largest absolute Gasteiger partial charge is 0.463 e. The van der Waals surface area contributed by atoms with Crippen molar-refractivity contribution in [2.24, 2.45) is 0 Å². The fourth-order valence-electron chi connectivity index (χ4n) is 2.12. The molecule has 0 aliphatic carbocycles. The van der Waals surface area contributed by atoms with Crippen LogP contribution in [0.4, 0.5) is 0 Å². The van der Waals surface area contributed by atoms with Crippen molar-refractivity contribution in [1.29, 1.82) is 0 Å². The van der Waals surface area contributed by atoms with Crippen LogP contribution in [0.3, 0.4) is 0 Å². The van der Waals surface area contributed by atoms with E-state index in [1.807, 2.05) is 18.2 Å². The summed E-state index contributed by atoms with van der Waals surface area (Å²) in [6, 6.07) is 15.9. The fourth-order valence-corrected chi connectivity index (χ4v) is 2.12. The third-order valence-corrected chi connectivity index (χ3v) is 3.21. The maximum absolute atomic E-state index is 12.2. The van der Waals surface area contributed by atoms with E-state index in [4.69, 9.17) is 14.2 Å². The lowest BCUT2D eigenvalue weighted by Gasteiger charge is -2.12. The number of cyclic esters (lactones) is 1. The van der Waals surface area contributed by atoms with Gasteiger partial charge in [-0.05, 0) is 24.3 Å². The Morgan fingerprint density at radius 3 is 2.50 bits per heavy atom. The Morgan fingerprint density at radius 2 is 1.77 bits per heavy atom. The molecule has 1 saturated heterocycles. The molecule has 1 atom stereocenters. The molecule has 0 bridgehead atoms. The molecule has 0 radical (unpaired) electrons. The molecular formula is C17H14O5. The van der Waals surface area contributed by atoms with Gasteiger partial charge in [-0.1, -0.05) is 30.3 Å². The van der Waals surface area contributed by atoms with Crippen molar-refractivity contribution in [3.05, 3.63) is 60.2 Å². The normalized spacial score (nSPS) is 16.9. The predicted octanol–water partition coefficient (Wildman–Crippen LogP) is 2.95. The number of carbonyl (C=O) groups excluding carboxylic acids is 2. The van der Waals surface area contributed by atoms with Gasteiger partial charge in [0, 0.05) is 6.42 Å². The summed E-state index contributed by atoms with van der Waals surface area (Å²) in [7, 11) is 0. The van der Waals surface area contributed by atoms with Crippen LogP contribution < -0.4 is 4.74 Å². The Kier molecular flexibility index (Phi) is 4.05. The molecule has 1 fully saturated rings. The van der Waals surface area contributed by atoms with Crippen LogP contribution in [-0.4, -0.2) is 24.6 Å². The van der Waals surface area contributed by atoms with Crippen molar-refractivity contribution < 1.29 is 23.8 Å². The third kappa shape index (κ3) is 3.09. The number of benzene rings is 2. The molecule has 5 nitrogen and oxygen atoms in total. The summed E-state index contributed by atoms with van der Waals surface area (Å²) in [6.07, 6.45) is -0.455. The highest BCUT2D eigenvalue weighted by Gasteiger charge is 2.31. The average Bonchev–Trinajstić information content (AvgIpc) is 2.94. The topological polar surface area (TPSA) is 61.8 Å². The molecule has 0 aromatic heterocycles. The first-order chi connectivity index (χ1) is 10.7. The van der Waals surface area contributed by atoms with Gasteiger partial charge < -0.3 is 14.2 Å². The maximum Gasteiger partial charge on any atom is 0.347 e. The summed E-state index contributed by atoms with van der Waals surface area (Å²) in [5.41, 5.74) is 0.269. The van der Waals surface area contributed by atoms with Gasteiger partial charge in [0.25, 0.3) is 0 Å². The first-order valence-electron chi connectivity index (χ1n) is 6.93. The van der Waals surface area contributed by atoms with Crippen LogP contribution >= 0.6 is 0 Å². The summed E-state index contributed by atoms with van der Waals surface area (Å²) in [4.78, 5) is 23.6. The minimum absolute atomic E-state index is 0.269. The van der Waals surface area contributed by atoms with Gasteiger partial charge >= 0.3 is 11.9 Å². The van der Waals surface area contributed by atoms with Crippen molar-refractivity contribution in [2.45, 2.75) is 12.5 Å². The van der Waals surface area contributed by atoms with Crippen LogP contribution in [0.1, 0.15) is 16.8 Å². The Bertz CT molecular complexity index is 680. The fraction of sp³-hybridized carbons (Fsp3) is 0.176. The molecule has 1 aliphatic rings. The molecule has 1 heterocycles. The van der Waals surface area contributed by atoms with Crippen LogP contribution in [0.25, 0.3) is 0 Å². The highest BCUT2D eigenvalue weighted by molar-refractivity contribution is 5.94. The zero-order valence-corrected chi connectivity index (χ0v) is 11.7. The lowest BCUT2D eigenvalue weighted by Crippen LogP contribution is -2.22. The monoisotopic (exact) mass is 298 g/mol. The molecule has 112 valence electrons. The minimum atomic E-state index is -0.836. The van der Waals surface area contributed by atoms with Gasteiger partial charge in [0.1, 0.15) is 17.1 Å². The molecule has 3 rings (SSSR count). The molecule has 2 aromatic rings. The number of carbonyl (C=O) groups is 2. The van der Waals surface area contributed by atoms with Crippen molar-refractivity contribution in [3.63, 3.8) is 0 Å². The van der Waals surface area contributed by atoms with Crippen LogP contribution in [0, 0.1) is 0 Å². The SMILES string of the molecule is O=C(OC1CCOC1=O)c1ccccc1Oc1ccccc1. The van der Waals surface area contributed by atoms with Gasteiger partial charge in [-0.15, -0.1) is 0 Å². The first kappa shape index (κ1) is 14.1.